The van der Waals surface area contributed by atoms with Crippen molar-refractivity contribution in [3.63, 3.8) is 0 Å². The summed E-state index contributed by atoms with van der Waals surface area (Å²) >= 11 is 6.01. The largest absolute Gasteiger partial charge is 0.469 e. The van der Waals surface area contributed by atoms with Crippen LogP contribution in [0.25, 0.3) is 0 Å². The Morgan fingerprint density at radius 2 is 2.33 bits per heavy atom. The number of hydrogen-bond acceptors (Lipinski definition) is 2. The third kappa shape index (κ3) is 4.29. The van der Waals surface area contributed by atoms with E-state index in [4.69, 9.17) is 16.0 Å². The third-order valence-electron chi connectivity index (χ3n) is 3.28. The lowest BCUT2D eigenvalue weighted by Gasteiger charge is -2.22. The van der Waals surface area contributed by atoms with Gasteiger partial charge < -0.3 is 19.2 Å². The summed E-state index contributed by atoms with van der Waals surface area (Å²) in [5.41, 5.74) is 1.14. The summed E-state index contributed by atoms with van der Waals surface area (Å²) in [5.74, 6) is 1.81. The molecule has 0 aliphatic carbocycles. The van der Waals surface area contributed by atoms with Crippen molar-refractivity contribution in [3.8, 4) is 0 Å². The average molecular weight is 309 g/mol. The van der Waals surface area contributed by atoms with Gasteiger partial charge in [-0.2, -0.15) is 0 Å². The number of guanidine groups is 1. The van der Waals surface area contributed by atoms with Crippen LogP contribution in [-0.2, 0) is 20.0 Å². The highest BCUT2D eigenvalue weighted by molar-refractivity contribution is 6.30. The molecular weight excluding hydrogens is 288 g/mol. The molecule has 2 aromatic rings. The number of rotatable bonds is 5. The molecule has 6 heteroatoms. The van der Waals surface area contributed by atoms with Crippen LogP contribution in [0.15, 0.2) is 40.1 Å². The van der Waals surface area contributed by atoms with Gasteiger partial charge in [-0.1, -0.05) is 11.6 Å². The van der Waals surface area contributed by atoms with E-state index in [2.05, 4.69) is 15.2 Å². The van der Waals surface area contributed by atoms with Crippen molar-refractivity contribution in [1.82, 2.24) is 14.8 Å². The van der Waals surface area contributed by atoms with E-state index >= 15 is 0 Å². The topological polar surface area (TPSA) is 45.7 Å². The van der Waals surface area contributed by atoms with Crippen molar-refractivity contribution in [3.05, 3.63) is 47.1 Å². The Balaban J connectivity index is 1.86. The molecule has 2 rings (SSSR count). The summed E-state index contributed by atoms with van der Waals surface area (Å²) in [4.78, 5) is 6.36. The predicted octanol–water partition coefficient (Wildman–Crippen LogP) is 2.52. The molecule has 1 N–H and O–H groups in total. The monoisotopic (exact) mass is 308 g/mol. The number of nitrogens with one attached hydrogen (secondary N) is 1. The predicted molar refractivity (Wildman–Crippen MR) is 85.7 cm³/mol. The van der Waals surface area contributed by atoms with Gasteiger partial charge in [0.25, 0.3) is 0 Å². The molecule has 0 radical (unpaired) electrons. The molecule has 0 saturated carbocycles. The van der Waals surface area contributed by atoms with E-state index in [1.807, 2.05) is 43.1 Å². The van der Waals surface area contributed by atoms with E-state index in [0.29, 0.717) is 0 Å². The van der Waals surface area contributed by atoms with Crippen LogP contribution in [0, 0.1) is 0 Å². The molecule has 0 spiro atoms. The maximum absolute atomic E-state index is 6.01. The van der Waals surface area contributed by atoms with Crippen molar-refractivity contribution >= 4 is 17.6 Å². The first-order valence-electron chi connectivity index (χ1n) is 6.85. The molecule has 114 valence electrons. The number of furan rings is 1. The lowest BCUT2D eigenvalue weighted by Crippen LogP contribution is -2.39. The van der Waals surface area contributed by atoms with Gasteiger partial charge in [0.1, 0.15) is 5.76 Å². The Labute approximate surface area is 130 Å². The van der Waals surface area contributed by atoms with E-state index in [-0.39, 0.29) is 0 Å². The fourth-order valence-corrected chi connectivity index (χ4v) is 2.45. The highest BCUT2D eigenvalue weighted by Crippen LogP contribution is 2.14. The smallest absolute Gasteiger partial charge is 0.193 e. The van der Waals surface area contributed by atoms with E-state index < -0.39 is 0 Å². The first-order chi connectivity index (χ1) is 10.1. The Morgan fingerprint density at radius 3 is 2.90 bits per heavy atom. The Kier molecular flexibility index (Phi) is 5.33. The van der Waals surface area contributed by atoms with Crippen LogP contribution < -0.4 is 5.32 Å². The fraction of sp³-hybridized carbons (Fsp3) is 0.400. The number of aliphatic imine (C=N–C) groups is 1. The van der Waals surface area contributed by atoms with Gasteiger partial charge in [-0.3, -0.25) is 4.99 Å². The van der Waals surface area contributed by atoms with Gasteiger partial charge in [0.15, 0.2) is 5.96 Å². The molecule has 2 heterocycles. The van der Waals surface area contributed by atoms with Gasteiger partial charge in [-0.25, -0.2) is 0 Å². The normalized spacial score (nSPS) is 11.7. The minimum absolute atomic E-state index is 0.740. The van der Waals surface area contributed by atoms with E-state index in [1.165, 1.54) is 0 Å². The van der Waals surface area contributed by atoms with Gasteiger partial charge >= 0.3 is 0 Å². The number of halogens is 1. The van der Waals surface area contributed by atoms with Crippen LogP contribution in [0.2, 0.25) is 5.02 Å². The second-order valence-corrected chi connectivity index (χ2v) is 5.36. The van der Waals surface area contributed by atoms with Crippen molar-refractivity contribution in [2.75, 3.05) is 20.6 Å². The Bertz CT molecular complexity index is 589. The van der Waals surface area contributed by atoms with Crippen LogP contribution in [0.3, 0.4) is 0 Å². The Morgan fingerprint density at radius 1 is 1.52 bits per heavy atom. The van der Waals surface area contributed by atoms with Crippen molar-refractivity contribution in [2.24, 2.45) is 12.0 Å². The van der Waals surface area contributed by atoms with Crippen LogP contribution in [0.4, 0.5) is 0 Å². The molecule has 0 aliphatic rings. The zero-order valence-corrected chi connectivity index (χ0v) is 13.4. The van der Waals surface area contributed by atoms with Gasteiger partial charge in [0.2, 0.25) is 0 Å². The molecule has 5 nitrogen and oxygen atoms in total. The van der Waals surface area contributed by atoms with E-state index in [1.54, 1.807) is 13.3 Å². The highest BCUT2D eigenvalue weighted by Gasteiger charge is 2.09. The first kappa shape index (κ1) is 15.5. The summed E-state index contributed by atoms with van der Waals surface area (Å²) in [5, 5.41) is 4.08. The number of hydrogen-bond donors (Lipinski definition) is 1. The van der Waals surface area contributed by atoms with Crippen LogP contribution in [0.1, 0.15) is 11.5 Å². The minimum Gasteiger partial charge on any atom is -0.469 e. The summed E-state index contributed by atoms with van der Waals surface area (Å²) in [6.45, 7) is 1.52. The molecule has 0 bridgehead atoms. The molecule has 0 saturated heterocycles. The molecule has 0 fully saturated rings. The molecule has 0 aromatic carbocycles. The number of aromatic nitrogens is 1. The van der Waals surface area contributed by atoms with Gasteiger partial charge in [-0.15, -0.1) is 0 Å². The number of nitrogens with zero attached hydrogens (tertiary/aromatic N) is 3. The quantitative estimate of drug-likeness (QED) is 0.682. The van der Waals surface area contributed by atoms with Gasteiger partial charge in [0, 0.05) is 46.0 Å². The second-order valence-electron chi connectivity index (χ2n) is 4.92. The van der Waals surface area contributed by atoms with Gasteiger partial charge in [-0.05, 0) is 18.2 Å². The molecular formula is C15H21ClN4O. The molecule has 2 aromatic heterocycles. The lowest BCUT2D eigenvalue weighted by atomic mass is 10.3. The average Bonchev–Trinajstić information content (AvgIpc) is 3.05. The van der Waals surface area contributed by atoms with Crippen LogP contribution in [-0.4, -0.2) is 36.1 Å². The van der Waals surface area contributed by atoms with Crippen molar-refractivity contribution in [2.45, 2.75) is 13.0 Å². The maximum atomic E-state index is 6.01. The zero-order chi connectivity index (χ0) is 15.2. The maximum Gasteiger partial charge on any atom is 0.193 e. The summed E-state index contributed by atoms with van der Waals surface area (Å²) in [6.07, 6.45) is 4.42. The van der Waals surface area contributed by atoms with Crippen LogP contribution >= 0.6 is 11.6 Å². The fourth-order valence-electron chi connectivity index (χ4n) is 2.18. The molecule has 21 heavy (non-hydrogen) atoms. The summed E-state index contributed by atoms with van der Waals surface area (Å²) < 4.78 is 7.33. The van der Waals surface area contributed by atoms with E-state index in [0.717, 1.165) is 41.9 Å². The zero-order valence-electron chi connectivity index (χ0n) is 12.6. The first-order valence-corrected chi connectivity index (χ1v) is 7.23. The summed E-state index contributed by atoms with van der Waals surface area (Å²) in [6, 6.07) is 5.84. The minimum atomic E-state index is 0.740. The second kappa shape index (κ2) is 7.22. The molecule has 0 amide bonds. The number of aryl methyl sites for hydroxylation is 1. The highest BCUT2D eigenvalue weighted by atomic mass is 35.5. The Hall–Kier alpha value is -1.88. The molecule has 0 aliphatic heterocycles. The summed E-state index contributed by atoms with van der Waals surface area (Å²) in [7, 11) is 5.77. The van der Waals surface area contributed by atoms with Gasteiger partial charge in [0.05, 0.1) is 17.8 Å². The van der Waals surface area contributed by atoms with E-state index in [9.17, 15) is 0 Å². The molecule has 0 unspecified atom stereocenters. The standard InChI is InChI=1S/C15H21ClN4O/c1-17-15(18-7-6-14-5-4-8-21-14)20(3)11-13-9-12(16)10-19(13)2/h4-5,8-10H,6-7,11H2,1-3H3,(H,17,18). The van der Waals surface area contributed by atoms with Crippen LogP contribution in [0.5, 0.6) is 0 Å². The SMILES string of the molecule is CN=C(NCCc1ccco1)N(C)Cc1cc(Cl)cn1C. The molecule has 0 atom stereocenters. The van der Waals surface area contributed by atoms with Crippen molar-refractivity contribution < 1.29 is 4.42 Å². The third-order valence-corrected chi connectivity index (χ3v) is 3.49. The van der Waals surface area contributed by atoms with Crippen molar-refractivity contribution in [1.29, 1.82) is 0 Å². The lowest BCUT2D eigenvalue weighted by molar-refractivity contribution is 0.457.